The molecule has 1 aromatic rings. The van der Waals surface area contributed by atoms with Crippen molar-refractivity contribution in [2.75, 3.05) is 7.05 Å². The lowest BCUT2D eigenvalue weighted by Crippen LogP contribution is -2.62. The molecular weight excluding hydrogens is 394 g/mol. The maximum absolute atomic E-state index is 12.4. The van der Waals surface area contributed by atoms with E-state index in [1.54, 1.807) is 0 Å². The molecule has 1 amide bonds. The van der Waals surface area contributed by atoms with Crippen molar-refractivity contribution in [3.63, 3.8) is 0 Å². The van der Waals surface area contributed by atoms with Gasteiger partial charge in [-0.25, -0.2) is 0 Å². The molecule has 1 heterocycles. The van der Waals surface area contributed by atoms with E-state index in [1.165, 1.54) is 19.3 Å². The summed E-state index contributed by atoms with van der Waals surface area (Å²) in [5.74, 6) is 4.17. The molecule has 3 saturated carbocycles. The van der Waals surface area contributed by atoms with Gasteiger partial charge in [-0.1, -0.05) is 32.4 Å². The van der Waals surface area contributed by atoms with Gasteiger partial charge in [-0.3, -0.25) is 4.79 Å². The highest BCUT2D eigenvalue weighted by atomic mass is 35.5. The molecule has 0 radical (unpaired) electrons. The van der Waals surface area contributed by atoms with Gasteiger partial charge >= 0.3 is 0 Å². The Morgan fingerprint density at radius 3 is 2.57 bits per heavy atom. The molecule has 1 aliphatic heterocycles. The van der Waals surface area contributed by atoms with Crippen molar-refractivity contribution < 1.29 is 9.53 Å². The summed E-state index contributed by atoms with van der Waals surface area (Å²) in [6.07, 6.45) is 8.20. The van der Waals surface area contributed by atoms with Gasteiger partial charge in [-0.15, -0.1) is 0 Å². The second kappa shape index (κ2) is 7.15. The maximum atomic E-state index is 12.4. The van der Waals surface area contributed by atoms with E-state index in [1.807, 2.05) is 24.3 Å². The number of nitrogens with zero attached hydrogens (tertiary/aromatic N) is 1. The number of fused-ring (bicyclic) bond motifs is 5. The molecule has 4 fully saturated rings. The van der Waals surface area contributed by atoms with E-state index < -0.39 is 0 Å². The van der Waals surface area contributed by atoms with Crippen LogP contribution in [0.4, 0.5) is 0 Å². The summed E-state index contributed by atoms with van der Waals surface area (Å²) in [5, 5.41) is 0.756. The molecule has 1 saturated heterocycles. The van der Waals surface area contributed by atoms with Crippen molar-refractivity contribution in [1.82, 2.24) is 4.90 Å². The standard InChI is InChI=1S/C26H36ClNO2/c1-16-13-22-26(3,12-10-23(29)28(22)4)20-9-11-25(2)15-19(14-21(25)24(16)20)30-18-7-5-17(27)6-8-18/h5-8,16,19-22,24H,9-15H2,1-4H3/t16-,19?,20-,21-,22+,24+,25+,26+/m0/s1. The van der Waals surface area contributed by atoms with Crippen LogP contribution in [0.3, 0.4) is 0 Å². The van der Waals surface area contributed by atoms with Crippen LogP contribution in [0.1, 0.15) is 65.7 Å². The number of hydrogen-bond acceptors (Lipinski definition) is 2. The van der Waals surface area contributed by atoms with Crippen LogP contribution >= 0.6 is 11.6 Å². The summed E-state index contributed by atoms with van der Waals surface area (Å²) in [5.41, 5.74) is 0.655. The van der Waals surface area contributed by atoms with Crippen molar-refractivity contribution in [2.24, 2.45) is 34.5 Å². The lowest BCUT2D eigenvalue weighted by Gasteiger charge is -2.63. The number of ether oxygens (including phenoxy) is 1. The Morgan fingerprint density at radius 1 is 1.10 bits per heavy atom. The number of likely N-dealkylation sites (tertiary alicyclic amines) is 1. The number of piperidine rings is 1. The van der Waals surface area contributed by atoms with Crippen molar-refractivity contribution >= 4 is 17.5 Å². The fourth-order valence-electron chi connectivity index (χ4n) is 8.25. The van der Waals surface area contributed by atoms with Gasteiger partial charge < -0.3 is 9.64 Å². The minimum absolute atomic E-state index is 0.274. The fraction of sp³-hybridized carbons (Fsp3) is 0.731. The minimum Gasteiger partial charge on any atom is -0.490 e. The number of benzene rings is 1. The van der Waals surface area contributed by atoms with Crippen LogP contribution in [-0.4, -0.2) is 30.0 Å². The Hall–Kier alpha value is -1.22. The number of rotatable bonds is 2. The van der Waals surface area contributed by atoms with E-state index in [9.17, 15) is 4.79 Å². The van der Waals surface area contributed by atoms with Gasteiger partial charge in [0.2, 0.25) is 5.91 Å². The fourth-order valence-corrected chi connectivity index (χ4v) is 8.38. The van der Waals surface area contributed by atoms with Crippen LogP contribution < -0.4 is 4.74 Å². The highest BCUT2D eigenvalue weighted by Crippen LogP contribution is 2.66. The first-order valence-corrected chi connectivity index (χ1v) is 12.3. The quantitative estimate of drug-likeness (QED) is 0.560. The first-order valence-electron chi connectivity index (χ1n) is 11.9. The Labute approximate surface area is 186 Å². The summed E-state index contributed by atoms with van der Waals surface area (Å²) >= 11 is 6.05. The summed E-state index contributed by atoms with van der Waals surface area (Å²) in [7, 11) is 2.05. The molecule has 4 aliphatic rings. The summed E-state index contributed by atoms with van der Waals surface area (Å²) in [6.45, 7) is 7.49. The lowest BCUT2D eigenvalue weighted by molar-refractivity contribution is -0.164. The number of halogens is 1. The van der Waals surface area contributed by atoms with Gasteiger partial charge in [0, 0.05) is 24.5 Å². The molecule has 5 rings (SSSR count). The van der Waals surface area contributed by atoms with Crippen LogP contribution in [0, 0.1) is 34.5 Å². The van der Waals surface area contributed by atoms with Crippen molar-refractivity contribution in [3.8, 4) is 5.75 Å². The van der Waals surface area contributed by atoms with Gasteiger partial charge in [-0.05, 0) is 97.3 Å². The van der Waals surface area contributed by atoms with E-state index in [2.05, 4.69) is 32.7 Å². The third-order valence-electron chi connectivity index (χ3n) is 9.78. The highest BCUT2D eigenvalue weighted by molar-refractivity contribution is 6.30. The predicted octanol–water partition coefficient (Wildman–Crippen LogP) is 6.20. The number of carbonyl (C=O) groups excluding carboxylic acids is 1. The number of carbonyl (C=O) groups is 1. The predicted molar refractivity (Wildman–Crippen MR) is 121 cm³/mol. The third kappa shape index (κ3) is 3.10. The Kier molecular flexibility index (Phi) is 4.93. The van der Waals surface area contributed by atoms with E-state index in [4.69, 9.17) is 16.3 Å². The van der Waals surface area contributed by atoms with Crippen molar-refractivity contribution in [3.05, 3.63) is 29.3 Å². The smallest absolute Gasteiger partial charge is 0.222 e. The maximum Gasteiger partial charge on any atom is 0.222 e. The van der Waals surface area contributed by atoms with Crippen molar-refractivity contribution in [1.29, 1.82) is 0 Å². The molecule has 164 valence electrons. The van der Waals surface area contributed by atoms with Crippen LogP contribution in [-0.2, 0) is 4.79 Å². The normalized spacial score (nSPS) is 45.5. The van der Waals surface area contributed by atoms with Gasteiger partial charge in [0.1, 0.15) is 5.75 Å². The zero-order chi connectivity index (χ0) is 21.3. The molecule has 0 N–H and O–H groups in total. The molecule has 0 bridgehead atoms. The monoisotopic (exact) mass is 429 g/mol. The molecule has 3 nitrogen and oxygen atoms in total. The van der Waals surface area contributed by atoms with Gasteiger partial charge in [-0.2, -0.15) is 0 Å². The molecule has 1 unspecified atom stereocenters. The number of amides is 1. The minimum atomic E-state index is 0.274. The largest absolute Gasteiger partial charge is 0.490 e. The van der Waals surface area contributed by atoms with E-state index in [0.717, 1.165) is 54.2 Å². The molecule has 3 aliphatic carbocycles. The zero-order valence-corrected chi connectivity index (χ0v) is 19.6. The third-order valence-corrected chi connectivity index (χ3v) is 10.0. The first-order chi connectivity index (χ1) is 14.2. The molecule has 1 aromatic carbocycles. The Morgan fingerprint density at radius 2 is 1.83 bits per heavy atom. The van der Waals surface area contributed by atoms with Gasteiger partial charge in [0.15, 0.2) is 0 Å². The molecule has 4 heteroatoms. The Bertz CT molecular complexity index is 825. The van der Waals surface area contributed by atoms with Gasteiger partial charge in [0.25, 0.3) is 0 Å². The molecule has 30 heavy (non-hydrogen) atoms. The van der Waals surface area contributed by atoms with E-state index >= 15 is 0 Å². The van der Waals surface area contributed by atoms with E-state index in [0.29, 0.717) is 29.4 Å². The van der Waals surface area contributed by atoms with E-state index in [-0.39, 0.29) is 5.41 Å². The molecule has 8 atom stereocenters. The molecule has 0 spiro atoms. The van der Waals surface area contributed by atoms with Crippen LogP contribution in [0.15, 0.2) is 24.3 Å². The molecular formula is C26H36ClNO2. The summed E-state index contributed by atoms with van der Waals surface area (Å²) < 4.78 is 6.45. The highest BCUT2D eigenvalue weighted by Gasteiger charge is 2.62. The second-order valence-corrected chi connectivity index (χ2v) is 11.8. The average molecular weight is 430 g/mol. The van der Waals surface area contributed by atoms with Crippen LogP contribution in [0.25, 0.3) is 0 Å². The van der Waals surface area contributed by atoms with Crippen LogP contribution in [0.2, 0.25) is 5.02 Å². The second-order valence-electron chi connectivity index (χ2n) is 11.4. The molecule has 0 aromatic heterocycles. The lowest BCUT2D eigenvalue weighted by atomic mass is 9.45. The van der Waals surface area contributed by atoms with Crippen LogP contribution in [0.5, 0.6) is 5.75 Å². The summed E-state index contributed by atoms with van der Waals surface area (Å²) in [4.78, 5) is 14.5. The first kappa shape index (κ1) is 20.7. The average Bonchev–Trinajstić information content (AvgIpc) is 3.04. The summed E-state index contributed by atoms with van der Waals surface area (Å²) in [6, 6.07) is 8.25. The Balaban J connectivity index is 1.39. The zero-order valence-electron chi connectivity index (χ0n) is 18.9. The number of hydrogen-bond donors (Lipinski definition) is 0. The topological polar surface area (TPSA) is 29.5 Å². The van der Waals surface area contributed by atoms with Crippen molar-refractivity contribution in [2.45, 2.75) is 77.9 Å². The van der Waals surface area contributed by atoms with Gasteiger partial charge in [0.05, 0.1) is 6.10 Å². The SMILES string of the molecule is C[C@H]1C[C@H]2N(C)C(=O)CC[C@]2(C)[C@H]2CC[C@]3(C)CC(Oc4ccc(Cl)cc4)C[C@H]3[C@H]12.